The molecule has 0 aliphatic heterocycles. The van der Waals surface area contributed by atoms with Gasteiger partial charge in [0.05, 0.1) is 11.3 Å². The summed E-state index contributed by atoms with van der Waals surface area (Å²) < 4.78 is 0. The van der Waals surface area contributed by atoms with Crippen LogP contribution in [0.1, 0.15) is 69.6 Å². The van der Waals surface area contributed by atoms with E-state index in [0.717, 1.165) is 5.56 Å². The van der Waals surface area contributed by atoms with Crippen LogP contribution in [0.2, 0.25) is 5.02 Å². The summed E-state index contributed by atoms with van der Waals surface area (Å²) in [5, 5.41) is 3.17. The number of carbonyl (C=O) groups excluding carboxylic acids is 2. The van der Waals surface area contributed by atoms with Gasteiger partial charge in [0.15, 0.2) is 5.78 Å². The minimum atomic E-state index is -0.347. The predicted molar refractivity (Wildman–Crippen MR) is 117 cm³/mol. The molecule has 1 atom stereocenters. The zero-order chi connectivity index (χ0) is 21.3. The number of rotatable bonds is 4. The Balaban J connectivity index is 1.55. The Kier molecular flexibility index (Phi) is 5.64. The highest BCUT2D eigenvalue weighted by molar-refractivity contribution is 6.31. The van der Waals surface area contributed by atoms with Gasteiger partial charge in [0.25, 0.3) is 5.91 Å². The lowest BCUT2D eigenvalue weighted by molar-refractivity contribution is 0.0962. The maximum atomic E-state index is 12.7. The van der Waals surface area contributed by atoms with E-state index in [1.807, 2.05) is 0 Å². The number of nitrogens with zero attached hydrogens (tertiary/aromatic N) is 2. The number of ketones is 1. The lowest BCUT2D eigenvalue weighted by Crippen LogP contribution is -2.22. The molecular weight excluding hydrogens is 398 g/mol. The van der Waals surface area contributed by atoms with Crippen molar-refractivity contribution in [3.8, 4) is 0 Å². The maximum absolute atomic E-state index is 12.7. The first-order chi connectivity index (χ1) is 14.4. The number of hydrogen-bond donors (Lipinski definition) is 1. The molecule has 30 heavy (non-hydrogen) atoms. The monoisotopic (exact) mass is 419 g/mol. The van der Waals surface area contributed by atoms with E-state index in [1.54, 1.807) is 24.3 Å². The molecule has 2 aromatic carbocycles. The lowest BCUT2D eigenvalue weighted by Gasteiger charge is -2.23. The number of hydrogen-bond acceptors (Lipinski definition) is 4. The van der Waals surface area contributed by atoms with Crippen molar-refractivity contribution in [2.45, 2.75) is 38.5 Å². The quantitative estimate of drug-likeness (QED) is 0.613. The first-order valence-corrected chi connectivity index (χ1v) is 10.3. The van der Waals surface area contributed by atoms with Gasteiger partial charge >= 0.3 is 0 Å². The van der Waals surface area contributed by atoms with Gasteiger partial charge in [0, 0.05) is 23.2 Å². The molecule has 0 spiro atoms. The van der Waals surface area contributed by atoms with Gasteiger partial charge in [0.1, 0.15) is 0 Å². The first kappa shape index (κ1) is 20.2. The zero-order valence-corrected chi connectivity index (χ0v) is 17.6. The fourth-order valence-electron chi connectivity index (χ4n) is 3.70. The summed E-state index contributed by atoms with van der Waals surface area (Å²) >= 11 is 5.96. The van der Waals surface area contributed by atoms with E-state index in [4.69, 9.17) is 11.6 Å². The second kappa shape index (κ2) is 8.36. The summed E-state index contributed by atoms with van der Waals surface area (Å²) in [5.74, 6) is 0.397. The Morgan fingerprint density at radius 1 is 1.13 bits per heavy atom. The fraction of sp³-hybridized carbons (Fsp3) is 0.250. The highest BCUT2D eigenvalue weighted by atomic mass is 35.5. The van der Waals surface area contributed by atoms with Gasteiger partial charge in [-0.1, -0.05) is 55.8 Å². The Morgan fingerprint density at radius 2 is 1.90 bits per heavy atom. The summed E-state index contributed by atoms with van der Waals surface area (Å²) in [7, 11) is 0. The summed E-state index contributed by atoms with van der Waals surface area (Å²) in [6.07, 6.45) is 2.58. The number of carbonyl (C=O) groups is 2. The molecular formula is C24H22ClN3O2. The standard InChI is InChI=1S/C24H22ClN3O2/c1-14(2)15-6-8-16(9-7-15)18-11-21-20(22(29)12-18)13-26-24(27-21)28-23(30)17-4-3-5-19(25)10-17/h3-10,13-14,18H,11-12H2,1-2H3,(H,26,27,28,30). The largest absolute Gasteiger partial charge is 0.294 e. The topological polar surface area (TPSA) is 72.0 Å². The van der Waals surface area contributed by atoms with Crippen LogP contribution in [-0.2, 0) is 6.42 Å². The molecule has 1 heterocycles. The van der Waals surface area contributed by atoms with Crippen molar-refractivity contribution in [2.24, 2.45) is 0 Å². The minimum absolute atomic E-state index is 0.0295. The van der Waals surface area contributed by atoms with Gasteiger partial charge in [0.2, 0.25) is 5.95 Å². The van der Waals surface area contributed by atoms with E-state index in [2.05, 4.69) is 53.4 Å². The molecule has 152 valence electrons. The Labute approximate surface area is 180 Å². The van der Waals surface area contributed by atoms with Crippen LogP contribution < -0.4 is 5.32 Å². The van der Waals surface area contributed by atoms with Crippen molar-refractivity contribution in [3.05, 3.63) is 87.7 Å². The summed E-state index contributed by atoms with van der Waals surface area (Å²) in [6, 6.07) is 15.1. The Hall–Kier alpha value is -3.05. The van der Waals surface area contributed by atoms with Crippen LogP contribution in [0.3, 0.4) is 0 Å². The van der Waals surface area contributed by atoms with Crippen LogP contribution >= 0.6 is 11.6 Å². The second-order valence-corrected chi connectivity index (χ2v) is 8.30. The van der Waals surface area contributed by atoms with E-state index in [0.29, 0.717) is 40.6 Å². The maximum Gasteiger partial charge on any atom is 0.258 e. The molecule has 1 amide bonds. The number of amides is 1. The van der Waals surface area contributed by atoms with Gasteiger partial charge in [-0.15, -0.1) is 0 Å². The number of fused-ring (bicyclic) bond motifs is 1. The fourth-order valence-corrected chi connectivity index (χ4v) is 3.89. The molecule has 1 unspecified atom stereocenters. The second-order valence-electron chi connectivity index (χ2n) is 7.87. The smallest absolute Gasteiger partial charge is 0.258 e. The van der Waals surface area contributed by atoms with E-state index >= 15 is 0 Å². The van der Waals surface area contributed by atoms with Crippen LogP contribution in [-0.4, -0.2) is 21.7 Å². The Bertz CT molecular complexity index is 1110. The molecule has 6 heteroatoms. The minimum Gasteiger partial charge on any atom is -0.294 e. The number of halogens is 1. The average Bonchev–Trinajstić information content (AvgIpc) is 2.73. The molecule has 0 saturated carbocycles. The summed E-state index contributed by atoms with van der Waals surface area (Å²) in [5.41, 5.74) is 4.02. The normalized spacial score (nSPS) is 15.7. The van der Waals surface area contributed by atoms with Crippen molar-refractivity contribution >= 4 is 29.2 Å². The third-order valence-corrected chi connectivity index (χ3v) is 5.66. The number of nitrogens with one attached hydrogen (secondary N) is 1. The predicted octanol–water partition coefficient (Wildman–Crippen LogP) is 5.42. The van der Waals surface area contributed by atoms with Crippen molar-refractivity contribution in [1.82, 2.24) is 9.97 Å². The van der Waals surface area contributed by atoms with Crippen molar-refractivity contribution in [3.63, 3.8) is 0 Å². The van der Waals surface area contributed by atoms with Crippen molar-refractivity contribution in [1.29, 1.82) is 0 Å². The van der Waals surface area contributed by atoms with E-state index < -0.39 is 0 Å². The third-order valence-electron chi connectivity index (χ3n) is 5.43. The molecule has 1 aromatic heterocycles. The third kappa shape index (κ3) is 4.26. The van der Waals surface area contributed by atoms with Crippen LogP contribution in [0.15, 0.2) is 54.7 Å². The van der Waals surface area contributed by atoms with Crippen molar-refractivity contribution in [2.75, 3.05) is 5.32 Å². The first-order valence-electron chi connectivity index (χ1n) is 9.96. The van der Waals surface area contributed by atoms with Gasteiger partial charge in [-0.2, -0.15) is 0 Å². The SMILES string of the molecule is CC(C)c1ccc(C2CC(=O)c3cnc(NC(=O)c4cccc(Cl)c4)nc3C2)cc1. The number of anilines is 1. The number of benzene rings is 2. The van der Waals surface area contributed by atoms with Gasteiger partial charge in [-0.25, -0.2) is 9.97 Å². The highest BCUT2D eigenvalue weighted by Crippen LogP contribution is 2.32. The number of Topliss-reactive ketones (excluding diaryl/α,β-unsaturated/α-hetero) is 1. The summed E-state index contributed by atoms with van der Waals surface area (Å²) in [6.45, 7) is 4.32. The van der Waals surface area contributed by atoms with Gasteiger partial charge in [-0.05, 0) is 47.6 Å². The lowest BCUT2D eigenvalue weighted by atomic mass is 9.81. The van der Waals surface area contributed by atoms with Gasteiger partial charge < -0.3 is 0 Å². The molecule has 1 aliphatic rings. The van der Waals surface area contributed by atoms with Crippen LogP contribution in [0.4, 0.5) is 5.95 Å². The van der Waals surface area contributed by atoms with Crippen LogP contribution in [0.25, 0.3) is 0 Å². The zero-order valence-electron chi connectivity index (χ0n) is 16.9. The molecule has 0 radical (unpaired) electrons. The molecule has 0 saturated heterocycles. The molecule has 1 N–H and O–H groups in total. The summed E-state index contributed by atoms with van der Waals surface area (Å²) in [4.78, 5) is 33.7. The van der Waals surface area contributed by atoms with Crippen LogP contribution in [0, 0.1) is 0 Å². The molecule has 1 aliphatic carbocycles. The van der Waals surface area contributed by atoms with Gasteiger partial charge in [-0.3, -0.25) is 14.9 Å². The Morgan fingerprint density at radius 3 is 2.60 bits per heavy atom. The van der Waals surface area contributed by atoms with E-state index in [1.165, 1.54) is 11.8 Å². The van der Waals surface area contributed by atoms with E-state index in [9.17, 15) is 9.59 Å². The number of aromatic nitrogens is 2. The van der Waals surface area contributed by atoms with Crippen molar-refractivity contribution < 1.29 is 9.59 Å². The van der Waals surface area contributed by atoms with E-state index in [-0.39, 0.29) is 23.6 Å². The molecule has 3 aromatic rings. The average molecular weight is 420 g/mol. The molecule has 4 rings (SSSR count). The molecule has 5 nitrogen and oxygen atoms in total. The highest BCUT2D eigenvalue weighted by Gasteiger charge is 2.28. The molecule has 0 fully saturated rings. The molecule has 0 bridgehead atoms. The van der Waals surface area contributed by atoms with Crippen LogP contribution in [0.5, 0.6) is 0 Å².